The van der Waals surface area contributed by atoms with Crippen LogP contribution in [0.25, 0.3) is 21.8 Å². The molecule has 0 aliphatic carbocycles. The predicted molar refractivity (Wildman–Crippen MR) is 216 cm³/mol. The SMILES string of the molecule is COc1cccc(Nc2c(C(N)=O)cnc3c(C)cc(Cc4cccc(C(=O)NCCCCCCCC[C@H](O)c5ccc(O)c6[nH]c(=O)ccc56)c4)cc23)c1. The van der Waals surface area contributed by atoms with Crippen molar-refractivity contribution >= 4 is 45.0 Å². The van der Waals surface area contributed by atoms with Crippen LogP contribution < -0.4 is 26.7 Å². The van der Waals surface area contributed by atoms with Gasteiger partial charge in [-0.2, -0.15) is 0 Å². The lowest BCUT2D eigenvalue weighted by atomic mass is 9.97. The smallest absolute Gasteiger partial charge is 0.252 e. The number of amides is 2. The Morgan fingerprint density at radius 1 is 0.891 bits per heavy atom. The van der Waals surface area contributed by atoms with Crippen LogP contribution in [-0.2, 0) is 6.42 Å². The van der Waals surface area contributed by atoms with Gasteiger partial charge in [-0.15, -0.1) is 0 Å². The second kappa shape index (κ2) is 17.7. The topological polar surface area (TPSA) is 180 Å². The van der Waals surface area contributed by atoms with Crippen LogP contribution in [0, 0.1) is 6.92 Å². The molecule has 0 saturated carbocycles. The zero-order valence-corrected chi connectivity index (χ0v) is 31.2. The van der Waals surface area contributed by atoms with Gasteiger partial charge in [0.05, 0.1) is 35.5 Å². The Kier molecular flexibility index (Phi) is 12.4. The second-order valence-electron chi connectivity index (χ2n) is 13.9. The molecule has 0 bridgehead atoms. The van der Waals surface area contributed by atoms with Crippen molar-refractivity contribution in [3.8, 4) is 11.5 Å². The third-order valence-corrected chi connectivity index (χ3v) is 9.88. The minimum Gasteiger partial charge on any atom is -0.506 e. The molecule has 284 valence electrons. The largest absolute Gasteiger partial charge is 0.506 e. The van der Waals surface area contributed by atoms with Crippen LogP contribution in [0.3, 0.4) is 0 Å². The van der Waals surface area contributed by atoms with Crippen molar-refractivity contribution < 1.29 is 24.5 Å². The van der Waals surface area contributed by atoms with E-state index in [9.17, 15) is 24.6 Å². The fraction of sp³-hybridized carbons (Fsp3) is 0.273. The first kappa shape index (κ1) is 38.5. The number of carbonyl (C=O) groups is 2. The Morgan fingerprint density at radius 2 is 1.67 bits per heavy atom. The molecule has 55 heavy (non-hydrogen) atoms. The molecule has 6 aromatic rings. The Morgan fingerprint density at radius 3 is 2.47 bits per heavy atom. The first-order chi connectivity index (χ1) is 26.6. The van der Waals surface area contributed by atoms with Gasteiger partial charge in [-0.05, 0) is 90.9 Å². The van der Waals surface area contributed by atoms with Crippen molar-refractivity contribution in [3.05, 3.63) is 135 Å². The highest BCUT2D eigenvalue weighted by molar-refractivity contribution is 6.08. The minimum absolute atomic E-state index is 0.0175. The number of nitrogens with two attached hydrogens (primary N) is 1. The number of benzene rings is 4. The zero-order chi connectivity index (χ0) is 38.9. The summed E-state index contributed by atoms with van der Waals surface area (Å²) in [7, 11) is 1.60. The van der Waals surface area contributed by atoms with Gasteiger partial charge in [-0.3, -0.25) is 19.4 Å². The maximum atomic E-state index is 13.1. The Bertz CT molecular complexity index is 2390. The first-order valence-electron chi connectivity index (χ1n) is 18.6. The molecular weight excluding hydrogens is 695 g/mol. The molecule has 4 aromatic carbocycles. The quantitative estimate of drug-likeness (QED) is 0.0514. The van der Waals surface area contributed by atoms with Crippen molar-refractivity contribution in [2.45, 2.75) is 64.4 Å². The van der Waals surface area contributed by atoms with E-state index >= 15 is 0 Å². The number of anilines is 2. The van der Waals surface area contributed by atoms with Crippen LogP contribution in [0.1, 0.15) is 94.0 Å². The summed E-state index contributed by atoms with van der Waals surface area (Å²) in [5.74, 6) is -0.0436. The first-order valence-corrected chi connectivity index (χ1v) is 18.6. The lowest BCUT2D eigenvalue weighted by molar-refractivity contribution is 0.0951. The van der Waals surface area contributed by atoms with E-state index in [2.05, 4.69) is 26.7 Å². The maximum absolute atomic E-state index is 13.1. The molecule has 7 N–H and O–H groups in total. The maximum Gasteiger partial charge on any atom is 0.252 e. The molecule has 0 unspecified atom stereocenters. The number of aromatic amines is 1. The number of aliphatic hydroxyl groups excluding tert-OH is 1. The molecule has 0 spiro atoms. The fourth-order valence-corrected chi connectivity index (χ4v) is 7.06. The standard InChI is InChI=1S/C44H47N5O6/c1-27-21-29(24-35-40(27)47-26-36(43(45)53)41(35)48-31-13-10-14-32(25-31)55-2)22-28-11-9-12-30(23-28)44(54)46-20-8-6-4-3-5-7-15-37(50)33-16-18-38(51)42-34(33)17-19-39(52)49-42/h9-14,16-19,21,23-26,37,50-51H,3-8,15,20,22H2,1-2H3,(H2,45,53)(H,46,54)(H,47,48)(H,49,52)/t37-/m0/s1. The highest BCUT2D eigenvalue weighted by atomic mass is 16.5. The van der Waals surface area contributed by atoms with Crippen LogP contribution in [0.2, 0.25) is 0 Å². The van der Waals surface area contributed by atoms with E-state index in [1.54, 1.807) is 19.2 Å². The number of pyridine rings is 2. The number of aromatic hydroxyl groups is 1. The van der Waals surface area contributed by atoms with E-state index in [1.807, 2.05) is 61.5 Å². The molecule has 11 heteroatoms. The number of H-pyrrole nitrogens is 1. The lowest BCUT2D eigenvalue weighted by Gasteiger charge is -2.16. The number of aromatic nitrogens is 2. The van der Waals surface area contributed by atoms with Gasteiger partial charge in [-0.25, -0.2) is 0 Å². The van der Waals surface area contributed by atoms with Crippen LogP contribution in [0.5, 0.6) is 11.5 Å². The number of fused-ring (bicyclic) bond motifs is 2. The molecule has 1 atom stereocenters. The third-order valence-electron chi connectivity index (χ3n) is 9.88. The van der Waals surface area contributed by atoms with E-state index in [4.69, 9.17) is 10.5 Å². The van der Waals surface area contributed by atoms with Crippen molar-refractivity contribution in [1.29, 1.82) is 0 Å². The number of unbranched alkanes of at least 4 members (excludes halogenated alkanes) is 5. The van der Waals surface area contributed by atoms with Crippen molar-refractivity contribution in [2.75, 3.05) is 19.0 Å². The number of ether oxygens (including phenoxy) is 1. The molecule has 11 nitrogen and oxygen atoms in total. The summed E-state index contributed by atoms with van der Waals surface area (Å²) >= 11 is 0. The summed E-state index contributed by atoms with van der Waals surface area (Å²) in [6.07, 6.45) is 7.72. The average Bonchev–Trinajstić information content (AvgIpc) is 3.17. The highest BCUT2D eigenvalue weighted by Crippen LogP contribution is 2.34. The average molecular weight is 742 g/mol. The van der Waals surface area contributed by atoms with E-state index in [-0.39, 0.29) is 22.8 Å². The molecule has 2 amide bonds. The van der Waals surface area contributed by atoms with Crippen molar-refractivity contribution in [2.24, 2.45) is 5.73 Å². The molecule has 0 radical (unpaired) electrons. The monoisotopic (exact) mass is 741 g/mol. The third kappa shape index (κ3) is 9.49. The van der Waals surface area contributed by atoms with Crippen LogP contribution >= 0.6 is 0 Å². The van der Waals surface area contributed by atoms with Crippen molar-refractivity contribution in [3.63, 3.8) is 0 Å². The number of nitrogens with zero attached hydrogens (tertiary/aromatic N) is 1. The second-order valence-corrected chi connectivity index (χ2v) is 13.9. The van der Waals surface area contributed by atoms with E-state index < -0.39 is 12.0 Å². The lowest BCUT2D eigenvalue weighted by Crippen LogP contribution is -2.24. The number of phenolic OH excluding ortho intramolecular Hbond substituents is 1. The molecule has 0 saturated heterocycles. The number of primary amides is 1. The van der Waals surface area contributed by atoms with E-state index in [1.165, 1.54) is 18.3 Å². The molecule has 2 aromatic heterocycles. The number of hydrogen-bond acceptors (Lipinski definition) is 8. The summed E-state index contributed by atoms with van der Waals surface area (Å²) in [6.45, 7) is 2.57. The van der Waals surface area contributed by atoms with Gasteiger partial charge in [0.1, 0.15) is 11.5 Å². The summed E-state index contributed by atoms with van der Waals surface area (Å²) in [4.78, 5) is 44.4. The van der Waals surface area contributed by atoms with Gasteiger partial charge in [0, 0.05) is 46.9 Å². The molecule has 0 fully saturated rings. The molecular formula is C44H47N5O6. The number of hydrogen-bond donors (Lipinski definition) is 6. The predicted octanol–water partition coefficient (Wildman–Crippen LogP) is 7.73. The van der Waals surface area contributed by atoms with Gasteiger partial charge in [-0.1, -0.05) is 62.4 Å². The van der Waals surface area contributed by atoms with Gasteiger partial charge < -0.3 is 36.3 Å². The summed E-state index contributed by atoms with van der Waals surface area (Å²) in [5.41, 5.74) is 12.4. The summed E-state index contributed by atoms with van der Waals surface area (Å²) in [5, 5.41) is 28.7. The van der Waals surface area contributed by atoms with Gasteiger partial charge in [0.25, 0.3) is 11.8 Å². The zero-order valence-electron chi connectivity index (χ0n) is 31.2. The van der Waals surface area contributed by atoms with Crippen LogP contribution in [-0.4, -0.2) is 45.6 Å². The van der Waals surface area contributed by atoms with Crippen molar-refractivity contribution in [1.82, 2.24) is 15.3 Å². The Hall–Kier alpha value is -6.20. The number of phenols is 1. The van der Waals surface area contributed by atoms with Gasteiger partial charge >= 0.3 is 0 Å². The highest BCUT2D eigenvalue weighted by Gasteiger charge is 2.17. The molecule has 0 aliphatic heterocycles. The van der Waals surface area contributed by atoms with Gasteiger partial charge in [0.2, 0.25) is 5.56 Å². The Labute approximate surface area is 319 Å². The number of rotatable bonds is 17. The number of carbonyl (C=O) groups excluding carboxylic acids is 2. The molecule has 0 aliphatic rings. The fourth-order valence-electron chi connectivity index (χ4n) is 7.06. The summed E-state index contributed by atoms with van der Waals surface area (Å²) in [6, 6.07) is 25.4. The number of aryl methyl sites for hydroxylation is 1. The number of methoxy groups -OCH3 is 1. The molecule has 6 rings (SSSR count). The van der Waals surface area contributed by atoms with E-state index in [0.29, 0.717) is 52.9 Å². The number of aliphatic hydroxyl groups is 1. The number of nitrogens with one attached hydrogen (secondary N) is 3. The van der Waals surface area contributed by atoms with Crippen LogP contribution in [0.4, 0.5) is 11.4 Å². The van der Waals surface area contributed by atoms with E-state index in [0.717, 1.165) is 71.8 Å². The molecule has 2 heterocycles. The minimum atomic E-state index is -0.686. The van der Waals surface area contributed by atoms with Gasteiger partial charge in [0.15, 0.2) is 0 Å². The Balaban J connectivity index is 0.989. The normalized spacial score (nSPS) is 11.8. The summed E-state index contributed by atoms with van der Waals surface area (Å²) < 4.78 is 5.38. The van der Waals surface area contributed by atoms with Crippen LogP contribution in [0.15, 0.2) is 95.9 Å².